The lowest BCUT2D eigenvalue weighted by Crippen LogP contribution is -2.52. The minimum atomic E-state index is -0.837. The van der Waals surface area contributed by atoms with E-state index in [1.165, 1.54) is 11.1 Å². The molecule has 3 rings (SSSR count). The van der Waals surface area contributed by atoms with Crippen molar-refractivity contribution in [2.75, 3.05) is 0 Å². The zero-order valence-corrected chi connectivity index (χ0v) is 12.2. The van der Waals surface area contributed by atoms with Crippen LogP contribution in [0.2, 0.25) is 0 Å². The molecule has 2 aliphatic carbocycles. The van der Waals surface area contributed by atoms with Gasteiger partial charge in [-0.2, -0.15) is 5.26 Å². The van der Waals surface area contributed by atoms with Crippen LogP contribution in [-0.4, -0.2) is 10.7 Å². The number of aryl methyl sites for hydroxylation is 1. The number of rotatable bonds is 1. The molecule has 1 fully saturated rings. The maximum absolute atomic E-state index is 11.3. The number of benzene rings is 1. The van der Waals surface area contributed by atoms with Crippen LogP contribution in [0.4, 0.5) is 0 Å². The summed E-state index contributed by atoms with van der Waals surface area (Å²) in [4.78, 5) is 0. The summed E-state index contributed by atoms with van der Waals surface area (Å²) in [6.07, 6.45) is 6.10. The molecule has 0 amide bonds. The molecule has 2 nitrogen and oxygen atoms in total. The Balaban J connectivity index is 1.91. The van der Waals surface area contributed by atoms with E-state index in [0.717, 1.165) is 38.5 Å². The zero-order valence-electron chi connectivity index (χ0n) is 12.2. The molecule has 0 spiro atoms. The molecule has 0 aromatic heterocycles. The predicted molar refractivity (Wildman–Crippen MR) is 79.1 cm³/mol. The first-order chi connectivity index (χ1) is 9.59. The zero-order chi connectivity index (χ0) is 14.2. The van der Waals surface area contributed by atoms with Crippen LogP contribution in [-0.2, 0) is 12.8 Å². The predicted octanol–water partition coefficient (Wildman–Crippen LogP) is 3.63. The fourth-order valence-electron chi connectivity index (χ4n) is 4.06. The lowest BCUT2D eigenvalue weighted by atomic mass is 9.57. The molecule has 0 aliphatic heterocycles. The van der Waals surface area contributed by atoms with E-state index in [0.29, 0.717) is 12.3 Å². The van der Waals surface area contributed by atoms with Crippen molar-refractivity contribution in [2.24, 2.45) is 11.3 Å². The second-order valence-corrected chi connectivity index (χ2v) is 6.85. The molecule has 1 N–H and O–H groups in total. The molecule has 0 radical (unpaired) electrons. The number of aliphatic hydroxyl groups is 1. The van der Waals surface area contributed by atoms with E-state index in [9.17, 15) is 10.4 Å². The highest BCUT2D eigenvalue weighted by Crippen LogP contribution is 2.50. The lowest BCUT2D eigenvalue weighted by Gasteiger charge is -2.48. The SMILES string of the molecule is CC1CCC(C#N)(C2(O)CCc3ccccc3C2)CC1. The number of fused-ring (bicyclic) bond motifs is 1. The Bertz CT molecular complexity index is 537. The van der Waals surface area contributed by atoms with Gasteiger partial charge < -0.3 is 5.11 Å². The van der Waals surface area contributed by atoms with Gasteiger partial charge in [-0.05, 0) is 55.6 Å². The number of hydrogen-bond acceptors (Lipinski definition) is 2. The molecule has 106 valence electrons. The summed E-state index contributed by atoms with van der Waals surface area (Å²) in [7, 11) is 0. The van der Waals surface area contributed by atoms with E-state index >= 15 is 0 Å². The Hall–Kier alpha value is -1.33. The monoisotopic (exact) mass is 269 g/mol. The Morgan fingerprint density at radius 2 is 1.80 bits per heavy atom. The van der Waals surface area contributed by atoms with Crippen LogP contribution in [0, 0.1) is 22.7 Å². The summed E-state index contributed by atoms with van der Waals surface area (Å²) < 4.78 is 0. The van der Waals surface area contributed by atoms with Crippen molar-refractivity contribution in [3.05, 3.63) is 35.4 Å². The fourth-order valence-corrected chi connectivity index (χ4v) is 4.06. The average molecular weight is 269 g/mol. The first kappa shape index (κ1) is 13.6. The molecule has 1 aromatic carbocycles. The van der Waals surface area contributed by atoms with Crippen molar-refractivity contribution in [3.8, 4) is 6.07 Å². The van der Waals surface area contributed by atoms with Crippen molar-refractivity contribution in [3.63, 3.8) is 0 Å². The van der Waals surface area contributed by atoms with Crippen LogP contribution in [0.15, 0.2) is 24.3 Å². The maximum Gasteiger partial charge on any atom is 0.0876 e. The van der Waals surface area contributed by atoms with Crippen LogP contribution < -0.4 is 0 Å². The molecule has 1 aromatic rings. The van der Waals surface area contributed by atoms with Gasteiger partial charge in [0.15, 0.2) is 0 Å². The van der Waals surface area contributed by atoms with Gasteiger partial charge in [0.25, 0.3) is 0 Å². The van der Waals surface area contributed by atoms with Gasteiger partial charge in [-0.25, -0.2) is 0 Å². The normalized spacial score (nSPS) is 37.0. The average Bonchev–Trinajstić information content (AvgIpc) is 2.48. The van der Waals surface area contributed by atoms with Gasteiger partial charge in [0, 0.05) is 6.42 Å². The lowest BCUT2D eigenvalue weighted by molar-refractivity contribution is -0.0864. The summed E-state index contributed by atoms with van der Waals surface area (Å²) in [5.74, 6) is 0.691. The molecular formula is C18H23NO. The standard InChI is InChI=1S/C18H23NO/c1-14-6-9-17(13-19,10-7-14)18(20)11-8-15-4-2-3-5-16(15)12-18/h2-5,14,20H,6-12H2,1H3. The van der Waals surface area contributed by atoms with Crippen LogP contribution in [0.3, 0.4) is 0 Å². The number of nitrogens with zero attached hydrogens (tertiary/aromatic N) is 1. The Labute approximate surface area is 121 Å². The third-order valence-electron chi connectivity index (χ3n) is 5.64. The second-order valence-electron chi connectivity index (χ2n) is 6.85. The van der Waals surface area contributed by atoms with E-state index in [1.54, 1.807) is 0 Å². The van der Waals surface area contributed by atoms with Crippen LogP contribution in [0.25, 0.3) is 0 Å². The largest absolute Gasteiger partial charge is 0.388 e. The van der Waals surface area contributed by atoms with Gasteiger partial charge in [-0.1, -0.05) is 31.2 Å². The van der Waals surface area contributed by atoms with Crippen molar-refractivity contribution in [1.29, 1.82) is 5.26 Å². The summed E-state index contributed by atoms with van der Waals surface area (Å²) in [6, 6.07) is 10.9. The van der Waals surface area contributed by atoms with E-state index in [1.807, 2.05) is 6.07 Å². The first-order valence-corrected chi connectivity index (χ1v) is 7.79. The summed E-state index contributed by atoms with van der Waals surface area (Å²) in [5, 5.41) is 21.0. The third-order valence-corrected chi connectivity index (χ3v) is 5.64. The number of hydrogen-bond donors (Lipinski definition) is 1. The Morgan fingerprint density at radius 3 is 2.45 bits per heavy atom. The van der Waals surface area contributed by atoms with Crippen molar-refractivity contribution < 1.29 is 5.11 Å². The van der Waals surface area contributed by atoms with E-state index in [2.05, 4.69) is 31.2 Å². The summed E-state index contributed by atoms with van der Waals surface area (Å²) >= 11 is 0. The van der Waals surface area contributed by atoms with Gasteiger partial charge in [0.2, 0.25) is 0 Å². The van der Waals surface area contributed by atoms with Crippen molar-refractivity contribution in [2.45, 2.75) is 57.5 Å². The first-order valence-electron chi connectivity index (χ1n) is 7.79. The minimum absolute atomic E-state index is 0.535. The van der Waals surface area contributed by atoms with Gasteiger partial charge >= 0.3 is 0 Å². The second kappa shape index (κ2) is 4.90. The summed E-state index contributed by atoms with van der Waals surface area (Å²) in [6.45, 7) is 2.25. The highest BCUT2D eigenvalue weighted by Gasteiger charge is 2.52. The molecule has 0 bridgehead atoms. The van der Waals surface area contributed by atoms with Crippen LogP contribution in [0.5, 0.6) is 0 Å². The molecule has 2 aliphatic rings. The smallest absolute Gasteiger partial charge is 0.0876 e. The molecule has 20 heavy (non-hydrogen) atoms. The third kappa shape index (κ3) is 2.05. The van der Waals surface area contributed by atoms with E-state index < -0.39 is 11.0 Å². The Kier molecular flexibility index (Phi) is 3.34. The van der Waals surface area contributed by atoms with Gasteiger partial charge in [-0.3, -0.25) is 0 Å². The molecule has 1 saturated carbocycles. The summed E-state index contributed by atoms with van der Waals surface area (Å²) in [5.41, 5.74) is 1.20. The molecule has 1 atom stereocenters. The van der Waals surface area contributed by atoms with Crippen LogP contribution >= 0.6 is 0 Å². The quantitative estimate of drug-likeness (QED) is 0.846. The van der Waals surface area contributed by atoms with E-state index in [-0.39, 0.29) is 0 Å². The van der Waals surface area contributed by atoms with Gasteiger partial charge in [0.1, 0.15) is 0 Å². The highest BCUT2D eigenvalue weighted by atomic mass is 16.3. The Morgan fingerprint density at radius 1 is 1.15 bits per heavy atom. The highest BCUT2D eigenvalue weighted by molar-refractivity contribution is 5.34. The van der Waals surface area contributed by atoms with Gasteiger partial charge in [0.05, 0.1) is 17.1 Å². The van der Waals surface area contributed by atoms with E-state index in [4.69, 9.17) is 0 Å². The number of nitriles is 1. The van der Waals surface area contributed by atoms with Crippen molar-refractivity contribution in [1.82, 2.24) is 0 Å². The van der Waals surface area contributed by atoms with Crippen LogP contribution in [0.1, 0.15) is 50.2 Å². The molecule has 2 heteroatoms. The van der Waals surface area contributed by atoms with Crippen molar-refractivity contribution >= 4 is 0 Å². The fraction of sp³-hybridized carbons (Fsp3) is 0.611. The molecule has 0 saturated heterocycles. The minimum Gasteiger partial charge on any atom is -0.388 e. The molecule has 0 heterocycles. The maximum atomic E-state index is 11.3. The molecular weight excluding hydrogens is 246 g/mol. The topological polar surface area (TPSA) is 44.0 Å². The van der Waals surface area contributed by atoms with Gasteiger partial charge in [-0.15, -0.1) is 0 Å². The molecule has 1 unspecified atom stereocenters.